The molecule has 1 atom stereocenters. The van der Waals surface area contributed by atoms with E-state index in [-0.39, 0.29) is 5.91 Å². The Morgan fingerprint density at radius 3 is 3.05 bits per heavy atom. The lowest BCUT2D eigenvalue weighted by molar-refractivity contribution is -0.115. The second-order valence-electron chi connectivity index (χ2n) is 5.90. The number of carbonyl (C=O) groups is 1. The minimum absolute atomic E-state index is 0.0192. The maximum absolute atomic E-state index is 12.0. The molecule has 1 saturated heterocycles. The molecule has 4 nitrogen and oxygen atoms in total. The van der Waals surface area contributed by atoms with Crippen LogP contribution in [0.15, 0.2) is 35.8 Å². The van der Waals surface area contributed by atoms with E-state index in [1.807, 2.05) is 35.8 Å². The summed E-state index contributed by atoms with van der Waals surface area (Å²) in [5.74, 6) is 1.34. The van der Waals surface area contributed by atoms with Crippen LogP contribution in [0.3, 0.4) is 0 Å². The Hall–Kier alpha value is -1.88. The largest absolute Gasteiger partial charge is 0.370 e. The number of aromatic nitrogens is 1. The molecule has 22 heavy (non-hydrogen) atoms. The fraction of sp³-hybridized carbons (Fsp3) is 0.412. The van der Waals surface area contributed by atoms with E-state index < -0.39 is 0 Å². The van der Waals surface area contributed by atoms with Crippen molar-refractivity contribution >= 4 is 28.7 Å². The van der Waals surface area contributed by atoms with Gasteiger partial charge in [-0.1, -0.05) is 13.0 Å². The van der Waals surface area contributed by atoms with Gasteiger partial charge in [-0.2, -0.15) is 0 Å². The number of piperidine rings is 1. The highest BCUT2D eigenvalue weighted by Crippen LogP contribution is 2.23. The van der Waals surface area contributed by atoms with Gasteiger partial charge < -0.3 is 10.2 Å². The van der Waals surface area contributed by atoms with Gasteiger partial charge in [-0.3, -0.25) is 4.79 Å². The highest BCUT2D eigenvalue weighted by molar-refractivity contribution is 7.10. The molecule has 1 amide bonds. The van der Waals surface area contributed by atoms with Gasteiger partial charge in [0.15, 0.2) is 0 Å². The molecule has 0 spiro atoms. The Labute approximate surface area is 135 Å². The van der Waals surface area contributed by atoms with E-state index in [0.29, 0.717) is 12.2 Å². The second kappa shape index (κ2) is 6.92. The average Bonchev–Trinajstić information content (AvgIpc) is 3.01. The van der Waals surface area contributed by atoms with Crippen molar-refractivity contribution in [3.8, 4) is 0 Å². The predicted molar refractivity (Wildman–Crippen MR) is 91.5 cm³/mol. The van der Waals surface area contributed by atoms with Crippen LogP contribution in [0.4, 0.5) is 11.5 Å². The van der Waals surface area contributed by atoms with Gasteiger partial charge in [-0.25, -0.2) is 4.98 Å². The molecule has 116 valence electrons. The zero-order chi connectivity index (χ0) is 15.4. The molecule has 1 aliphatic rings. The van der Waals surface area contributed by atoms with Crippen LogP contribution in [0.25, 0.3) is 0 Å². The van der Waals surface area contributed by atoms with Crippen molar-refractivity contribution in [3.63, 3.8) is 0 Å². The van der Waals surface area contributed by atoms with Crippen LogP contribution in [-0.2, 0) is 11.2 Å². The molecule has 1 unspecified atom stereocenters. The molecule has 5 heteroatoms. The molecule has 1 aliphatic heterocycles. The minimum atomic E-state index is -0.0192. The molecular weight excluding hydrogens is 294 g/mol. The third-order valence-corrected chi connectivity index (χ3v) is 4.83. The number of nitrogens with zero attached hydrogens (tertiary/aromatic N) is 2. The van der Waals surface area contributed by atoms with Gasteiger partial charge in [0.1, 0.15) is 5.82 Å². The van der Waals surface area contributed by atoms with Gasteiger partial charge in [0.2, 0.25) is 5.91 Å². The summed E-state index contributed by atoms with van der Waals surface area (Å²) in [5.41, 5.74) is 1.14. The Bertz CT molecular complexity index is 609. The Morgan fingerprint density at radius 1 is 1.45 bits per heavy atom. The van der Waals surface area contributed by atoms with Crippen LogP contribution in [0.1, 0.15) is 24.6 Å². The van der Waals surface area contributed by atoms with Crippen molar-refractivity contribution < 1.29 is 4.79 Å². The van der Waals surface area contributed by atoms with Crippen LogP contribution in [0, 0.1) is 5.92 Å². The monoisotopic (exact) mass is 315 g/mol. The number of amides is 1. The van der Waals surface area contributed by atoms with E-state index in [0.717, 1.165) is 29.6 Å². The number of anilines is 2. The van der Waals surface area contributed by atoms with E-state index in [4.69, 9.17) is 0 Å². The standard InChI is InChI=1S/C17H21N3OS/c1-13-4-2-8-20(12-13)14-6-7-16(18-11-14)19-17(21)10-15-5-3-9-22-15/h3,5-7,9,11,13H,2,4,8,10,12H2,1H3,(H,18,19,21). The van der Waals surface area contributed by atoms with Gasteiger partial charge in [-0.15, -0.1) is 11.3 Å². The van der Waals surface area contributed by atoms with Gasteiger partial charge in [0.05, 0.1) is 18.3 Å². The van der Waals surface area contributed by atoms with E-state index in [9.17, 15) is 4.79 Å². The topological polar surface area (TPSA) is 45.2 Å². The lowest BCUT2D eigenvalue weighted by Crippen LogP contribution is -2.34. The average molecular weight is 315 g/mol. The van der Waals surface area contributed by atoms with Crippen LogP contribution in [-0.4, -0.2) is 24.0 Å². The van der Waals surface area contributed by atoms with Gasteiger partial charge in [0, 0.05) is 18.0 Å². The molecule has 2 aromatic heterocycles. The third kappa shape index (κ3) is 3.85. The lowest BCUT2D eigenvalue weighted by atomic mass is 10.00. The zero-order valence-electron chi connectivity index (χ0n) is 12.8. The van der Waals surface area contributed by atoms with Gasteiger partial charge in [-0.05, 0) is 42.3 Å². The van der Waals surface area contributed by atoms with Gasteiger partial charge in [0.25, 0.3) is 0 Å². The summed E-state index contributed by atoms with van der Waals surface area (Å²) >= 11 is 1.60. The quantitative estimate of drug-likeness (QED) is 0.938. The molecule has 1 N–H and O–H groups in total. The zero-order valence-corrected chi connectivity index (χ0v) is 13.6. The van der Waals surface area contributed by atoms with E-state index in [1.54, 1.807) is 11.3 Å². The van der Waals surface area contributed by atoms with E-state index in [2.05, 4.69) is 22.1 Å². The second-order valence-corrected chi connectivity index (χ2v) is 6.93. The summed E-state index contributed by atoms with van der Waals surface area (Å²) in [6, 6.07) is 7.87. The number of carbonyl (C=O) groups excluding carboxylic acids is 1. The first-order valence-electron chi connectivity index (χ1n) is 7.74. The Kier molecular flexibility index (Phi) is 4.73. The molecular formula is C17H21N3OS. The smallest absolute Gasteiger partial charge is 0.230 e. The van der Waals surface area contributed by atoms with Crippen molar-refractivity contribution in [3.05, 3.63) is 40.7 Å². The maximum atomic E-state index is 12.0. The molecule has 3 heterocycles. The van der Waals surface area contributed by atoms with Crippen LogP contribution in [0.5, 0.6) is 0 Å². The molecule has 2 aromatic rings. The summed E-state index contributed by atoms with van der Waals surface area (Å²) in [4.78, 5) is 19.8. The molecule has 0 radical (unpaired) electrons. The van der Waals surface area contributed by atoms with E-state index >= 15 is 0 Å². The highest BCUT2D eigenvalue weighted by atomic mass is 32.1. The first-order chi connectivity index (χ1) is 10.7. The Morgan fingerprint density at radius 2 is 2.36 bits per heavy atom. The number of hydrogen-bond acceptors (Lipinski definition) is 4. The van der Waals surface area contributed by atoms with Crippen LogP contribution in [0.2, 0.25) is 0 Å². The third-order valence-electron chi connectivity index (χ3n) is 3.95. The van der Waals surface area contributed by atoms with Crippen molar-refractivity contribution in [1.82, 2.24) is 4.98 Å². The summed E-state index contributed by atoms with van der Waals surface area (Å²) in [6.07, 6.45) is 4.81. The van der Waals surface area contributed by atoms with Crippen molar-refractivity contribution in [2.24, 2.45) is 5.92 Å². The number of rotatable bonds is 4. The van der Waals surface area contributed by atoms with E-state index in [1.165, 1.54) is 12.8 Å². The molecule has 0 bridgehead atoms. The SMILES string of the molecule is CC1CCCN(c2ccc(NC(=O)Cc3cccs3)nc2)C1. The summed E-state index contributed by atoms with van der Waals surface area (Å²) in [6.45, 7) is 4.47. The summed E-state index contributed by atoms with van der Waals surface area (Å²) in [7, 11) is 0. The van der Waals surface area contributed by atoms with Crippen LogP contribution < -0.4 is 10.2 Å². The summed E-state index contributed by atoms with van der Waals surface area (Å²) < 4.78 is 0. The molecule has 0 aliphatic carbocycles. The number of pyridine rings is 1. The molecule has 0 aromatic carbocycles. The van der Waals surface area contributed by atoms with Gasteiger partial charge >= 0.3 is 0 Å². The summed E-state index contributed by atoms with van der Waals surface area (Å²) in [5, 5.41) is 4.84. The molecule has 3 rings (SSSR count). The molecule has 1 fully saturated rings. The predicted octanol–water partition coefficient (Wildman–Crippen LogP) is 3.56. The molecule has 0 saturated carbocycles. The van der Waals surface area contributed by atoms with Crippen LogP contribution >= 0.6 is 11.3 Å². The first-order valence-corrected chi connectivity index (χ1v) is 8.62. The number of hydrogen-bond donors (Lipinski definition) is 1. The van der Waals surface area contributed by atoms with Crippen molar-refractivity contribution in [2.45, 2.75) is 26.2 Å². The van der Waals surface area contributed by atoms with Crippen molar-refractivity contribution in [1.29, 1.82) is 0 Å². The highest BCUT2D eigenvalue weighted by Gasteiger charge is 2.16. The maximum Gasteiger partial charge on any atom is 0.230 e. The van der Waals surface area contributed by atoms with Crippen molar-refractivity contribution in [2.75, 3.05) is 23.3 Å². The number of nitrogens with one attached hydrogen (secondary N) is 1. The lowest BCUT2D eigenvalue weighted by Gasteiger charge is -2.32. The fourth-order valence-electron chi connectivity index (χ4n) is 2.83. The first kappa shape index (κ1) is 15.0. The number of thiophene rings is 1. The Balaban J connectivity index is 1.58. The fourth-order valence-corrected chi connectivity index (χ4v) is 3.53. The minimum Gasteiger partial charge on any atom is -0.370 e. The normalized spacial score (nSPS) is 18.2.